The molecule has 0 amide bonds. The van der Waals surface area contributed by atoms with Gasteiger partial charge in [-0.15, -0.1) is 0 Å². The molecule has 3 heteroatoms. The van der Waals surface area contributed by atoms with Crippen molar-refractivity contribution in [3.63, 3.8) is 0 Å². The molecular weight excluding hydrogens is 310 g/mol. The van der Waals surface area contributed by atoms with Gasteiger partial charge in [0, 0.05) is 23.8 Å². The lowest BCUT2D eigenvalue weighted by molar-refractivity contribution is -0.690. The largest absolute Gasteiger partial charge is 0.478 e. The summed E-state index contributed by atoms with van der Waals surface area (Å²) in [6.45, 7) is 2.79. The first kappa shape index (κ1) is 16.7. The van der Waals surface area contributed by atoms with Crippen LogP contribution in [0.15, 0.2) is 72.9 Å². The van der Waals surface area contributed by atoms with Crippen molar-refractivity contribution < 1.29 is 14.5 Å². The van der Waals surface area contributed by atoms with Crippen molar-refractivity contribution in [3.05, 3.63) is 101 Å². The summed E-state index contributed by atoms with van der Waals surface area (Å²) in [4.78, 5) is 11.0. The van der Waals surface area contributed by atoms with E-state index in [1.165, 1.54) is 11.1 Å². The maximum Gasteiger partial charge on any atom is 0.335 e. The first-order valence-electron chi connectivity index (χ1n) is 8.18. The van der Waals surface area contributed by atoms with Crippen molar-refractivity contribution >= 4 is 18.1 Å². The van der Waals surface area contributed by atoms with Crippen molar-refractivity contribution in [3.8, 4) is 0 Å². The zero-order chi connectivity index (χ0) is 17.6. The second-order valence-electron chi connectivity index (χ2n) is 5.95. The van der Waals surface area contributed by atoms with E-state index >= 15 is 0 Å². The van der Waals surface area contributed by atoms with Crippen molar-refractivity contribution in [2.45, 2.75) is 13.5 Å². The molecule has 1 N–H and O–H groups in total. The highest BCUT2D eigenvalue weighted by molar-refractivity contribution is 5.87. The van der Waals surface area contributed by atoms with Crippen molar-refractivity contribution in [2.75, 3.05) is 0 Å². The van der Waals surface area contributed by atoms with Crippen molar-refractivity contribution in [2.24, 2.45) is 0 Å². The van der Waals surface area contributed by atoms with Crippen molar-refractivity contribution in [1.29, 1.82) is 0 Å². The molecule has 0 unspecified atom stereocenters. The molecule has 0 fully saturated rings. The summed E-state index contributed by atoms with van der Waals surface area (Å²) in [6.07, 6.45) is 6.26. The van der Waals surface area contributed by atoms with Crippen LogP contribution in [0.2, 0.25) is 0 Å². The normalized spacial score (nSPS) is 10.9. The maximum absolute atomic E-state index is 11.0. The number of carbonyl (C=O) groups is 1. The second-order valence-corrected chi connectivity index (χ2v) is 5.95. The summed E-state index contributed by atoms with van der Waals surface area (Å²) in [7, 11) is 0. The number of rotatable bonds is 5. The second kappa shape index (κ2) is 7.58. The van der Waals surface area contributed by atoms with Gasteiger partial charge in [0.15, 0.2) is 12.7 Å². The van der Waals surface area contributed by atoms with Gasteiger partial charge in [0.05, 0.1) is 5.56 Å². The fourth-order valence-electron chi connectivity index (χ4n) is 2.68. The third kappa shape index (κ3) is 4.21. The summed E-state index contributed by atoms with van der Waals surface area (Å²) in [5.41, 5.74) is 4.90. The van der Waals surface area contributed by atoms with Gasteiger partial charge in [-0.05, 0) is 42.3 Å². The molecule has 1 aromatic heterocycles. The molecule has 0 aliphatic carbocycles. The van der Waals surface area contributed by atoms with Crippen LogP contribution in [0.4, 0.5) is 0 Å². The molecule has 3 rings (SSSR count). The summed E-state index contributed by atoms with van der Waals surface area (Å²) in [5.74, 6) is -0.902. The predicted molar refractivity (Wildman–Crippen MR) is 99.2 cm³/mol. The predicted octanol–water partition coefficient (Wildman–Crippen LogP) is 4.20. The quantitative estimate of drug-likeness (QED) is 0.712. The fraction of sp³-hybridized carbons (Fsp3) is 0.0909. The van der Waals surface area contributed by atoms with E-state index in [2.05, 4.69) is 41.8 Å². The van der Waals surface area contributed by atoms with Crippen LogP contribution in [0.25, 0.3) is 12.2 Å². The number of hydrogen-bond acceptors (Lipinski definition) is 1. The van der Waals surface area contributed by atoms with Crippen LogP contribution >= 0.6 is 0 Å². The molecule has 0 atom stereocenters. The molecule has 3 nitrogen and oxygen atoms in total. The lowest BCUT2D eigenvalue weighted by Crippen LogP contribution is -2.36. The number of carboxylic acid groups (broad SMARTS) is 1. The highest BCUT2D eigenvalue weighted by Crippen LogP contribution is 2.11. The first-order chi connectivity index (χ1) is 12.1. The summed E-state index contributed by atoms with van der Waals surface area (Å²) in [5, 5.41) is 9.00. The lowest BCUT2D eigenvalue weighted by atomic mass is 10.1. The zero-order valence-electron chi connectivity index (χ0n) is 14.1. The van der Waals surface area contributed by atoms with E-state index < -0.39 is 5.97 Å². The van der Waals surface area contributed by atoms with Gasteiger partial charge in [0.1, 0.15) is 0 Å². The minimum atomic E-state index is -0.902. The number of nitrogens with zero attached hydrogens (tertiary/aromatic N) is 1. The molecule has 0 saturated heterocycles. The van der Waals surface area contributed by atoms with Crippen LogP contribution in [0, 0.1) is 6.92 Å². The molecule has 0 bridgehead atoms. The average Bonchev–Trinajstić information content (AvgIpc) is 2.62. The monoisotopic (exact) mass is 330 g/mol. The Morgan fingerprint density at radius 3 is 2.40 bits per heavy atom. The van der Waals surface area contributed by atoms with E-state index in [-0.39, 0.29) is 0 Å². The van der Waals surface area contributed by atoms with Gasteiger partial charge in [-0.2, -0.15) is 4.57 Å². The Morgan fingerprint density at radius 2 is 1.68 bits per heavy atom. The zero-order valence-corrected chi connectivity index (χ0v) is 14.1. The molecule has 0 radical (unpaired) electrons. The molecule has 0 aliphatic rings. The Kier molecular flexibility index (Phi) is 5.05. The van der Waals surface area contributed by atoms with E-state index in [0.29, 0.717) is 12.1 Å². The van der Waals surface area contributed by atoms with Crippen LogP contribution in [-0.4, -0.2) is 11.1 Å². The van der Waals surface area contributed by atoms with Gasteiger partial charge in [-0.3, -0.25) is 0 Å². The highest BCUT2D eigenvalue weighted by Gasteiger charge is 2.09. The summed E-state index contributed by atoms with van der Waals surface area (Å²) in [6, 6.07) is 21.4. The first-order valence-corrected chi connectivity index (χ1v) is 8.18. The Hall–Kier alpha value is -3.20. The van der Waals surface area contributed by atoms with E-state index in [0.717, 1.165) is 11.3 Å². The molecule has 0 spiro atoms. The maximum atomic E-state index is 11.0. The third-order valence-corrected chi connectivity index (χ3v) is 4.15. The van der Waals surface area contributed by atoms with Gasteiger partial charge < -0.3 is 5.11 Å². The van der Waals surface area contributed by atoms with E-state index in [4.69, 9.17) is 5.11 Å². The number of aromatic carboxylic acids is 1. The van der Waals surface area contributed by atoms with Crippen LogP contribution in [0.3, 0.4) is 0 Å². The van der Waals surface area contributed by atoms with Gasteiger partial charge >= 0.3 is 5.97 Å². The van der Waals surface area contributed by atoms with Gasteiger partial charge in [0.25, 0.3) is 0 Å². The van der Waals surface area contributed by atoms with E-state index in [9.17, 15) is 4.79 Å². The number of hydrogen-bond donors (Lipinski definition) is 1. The Morgan fingerprint density at radius 1 is 0.960 bits per heavy atom. The molecule has 124 valence electrons. The minimum absolute atomic E-state index is 0.307. The van der Waals surface area contributed by atoms with Crippen LogP contribution in [-0.2, 0) is 6.54 Å². The minimum Gasteiger partial charge on any atom is -0.478 e. The number of pyridine rings is 1. The topological polar surface area (TPSA) is 41.2 Å². The Bertz CT molecular complexity index is 911. The SMILES string of the molecule is Cc1ccccc1/C=C/c1cccc[n+]1Cc1ccc(C(=O)O)cc1. The van der Waals surface area contributed by atoms with E-state index in [1.54, 1.807) is 12.1 Å². The fourth-order valence-corrected chi connectivity index (χ4v) is 2.68. The molecular formula is C22H20NO2+. The lowest BCUT2D eigenvalue weighted by Gasteiger charge is -2.03. The number of benzene rings is 2. The average molecular weight is 330 g/mol. The van der Waals surface area contributed by atoms with Crippen LogP contribution in [0.1, 0.15) is 32.7 Å². The molecule has 3 aromatic rings. The van der Waals surface area contributed by atoms with Gasteiger partial charge in [-0.25, -0.2) is 4.79 Å². The van der Waals surface area contributed by atoms with E-state index in [1.807, 2.05) is 42.6 Å². The Balaban J connectivity index is 1.83. The molecule has 0 saturated carbocycles. The standard InChI is InChI=1S/C22H19NO2/c1-17-6-2-3-7-19(17)13-14-21-8-4-5-15-23(21)16-18-9-11-20(12-10-18)22(24)25/h2-15H,16H2,1H3/p+1/b14-13+. The molecule has 1 heterocycles. The van der Waals surface area contributed by atoms with Gasteiger partial charge in [-0.1, -0.05) is 36.4 Å². The third-order valence-electron chi connectivity index (χ3n) is 4.15. The molecule has 0 aliphatic heterocycles. The molecule has 25 heavy (non-hydrogen) atoms. The summed E-state index contributed by atoms with van der Waals surface area (Å²) < 4.78 is 2.14. The number of aromatic nitrogens is 1. The molecule has 2 aromatic carbocycles. The highest BCUT2D eigenvalue weighted by atomic mass is 16.4. The van der Waals surface area contributed by atoms with Crippen LogP contribution < -0.4 is 4.57 Å². The van der Waals surface area contributed by atoms with Crippen molar-refractivity contribution in [1.82, 2.24) is 0 Å². The smallest absolute Gasteiger partial charge is 0.335 e. The number of aryl methyl sites for hydroxylation is 1. The number of carboxylic acids is 1. The Labute approximate surface area is 147 Å². The van der Waals surface area contributed by atoms with Crippen LogP contribution in [0.5, 0.6) is 0 Å². The van der Waals surface area contributed by atoms with Gasteiger partial charge in [0.2, 0.25) is 5.69 Å². The summed E-state index contributed by atoms with van der Waals surface area (Å²) >= 11 is 0.